The number of nitrogens with zero attached hydrogens (tertiary/aromatic N) is 2. The lowest BCUT2D eigenvalue weighted by Crippen LogP contribution is -2.27. The van der Waals surface area contributed by atoms with Crippen molar-refractivity contribution in [2.24, 2.45) is 0 Å². The average molecular weight is 273 g/mol. The lowest BCUT2D eigenvalue weighted by Gasteiger charge is -2.08. The molecule has 1 aromatic rings. The van der Waals surface area contributed by atoms with Crippen LogP contribution in [0.15, 0.2) is 4.47 Å². The molecule has 0 spiro atoms. The fourth-order valence-electron chi connectivity index (χ4n) is 1.75. The van der Waals surface area contributed by atoms with Gasteiger partial charge in [-0.15, -0.1) is 0 Å². The van der Waals surface area contributed by atoms with Gasteiger partial charge in [-0.05, 0) is 42.6 Å². The van der Waals surface area contributed by atoms with Gasteiger partial charge in [-0.3, -0.25) is 4.79 Å². The van der Waals surface area contributed by atoms with E-state index in [4.69, 9.17) is 4.74 Å². The quantitative estimate of drug-likeness (QED) is 0.786. The van der Waals surface area contributed by atoms with Crippen molar-refractivity contribution < 1.29 is 9.53 Å². The van der Waals surface area contributed by atoms with Crippen molar-refractivity contribution >= 4 is 21.8 Å². The molecule has 0 amide bonds. The van der Waals surface area contributed by atoms with Crippen LogP contribution in [0.3, 0.4) is 0 Å². The highest BCUT2D eigenvalue weighted by atomic mass is 79.9. The Morgan fingerprint density at radius 1 is 1.60 bits per heavy atom. The lowest BCUT2D eigenvalue weighted by molar-refractivity contribution is 0.0535. The number of carbonyl (C=O) groups excluding carboxylic acids is 1. The molecule has 1 unspecified atom stereocenters. The van der Waals surface area contributed by atoms with E-state index in [-0.39, 0.29) is 12.0 Å². The highest BCUT2D eigenvalue weighted by Crippen LogP contribution is 2.22. The first-order chi connectivity index (χ1) is 7.11. The van der Waals surface area contributed by atoms with E-state index in [0.717, 1.165) is 28.7 Å². The summed E-state index contributed by atoms with van der Waals surface area (Å²) in [5.74, 6) is -0.0567. The molecule has 0 aromatic carbocycles. The van der Waals surface area contributed by atoms with Crippen LogP contribution in [0.1, 0.15) is 29.0 Å². The Hall–Kier alpha value is -0.680. The van der Waals surface area contributed by atoms with Crippen LogP contribution in [0.25, 0.3) is 0 Å². The SMILES string of the molecule is Cc1nn(C(=O)C2CCCO2)c(C)c1Br. The number of aryl methyl sites for hydroxylation is 1. The first kappa shape index (κ1) is 10.8. The van der Waals surface area contributed by atoms with Crippen LogP contribution in [-0.4, -0.2) is 28.4 Å². The number of rotatable bonds is 1. The molecule has 82 valence electrons. The van der Waals surface area contributed by atoms with Crippen molar-refractivity contribution in [2.75, 3.05) is 6.61 Å². The summed E-state index contributed by atoms with van der Waals surface area (Å²) in [6.45, 7) is 4.42. The third-order valence-corrected chi connectivity index (χ3v) is 3.76. The maximum atomic E-state index is 12.0. The minimum Gasteiger partial charge on any atom is -0.368 e. The zero-order chi connectivity index (χ0) is 11.0. The van der Waals surface area contributed by atoms with E-state index in [1.165, 1.54) is 4.68 Å². The Kier molecular flexibility index (Phi) is 2.93. The van der Waals surface area contributed by atoms with Crippen molar-refractivity contribution in [1.29, 1.82) is 0 Å². The normalized spacial score (nSPS) is 20.9. The maximum absolute atomic E-state index is 12.0. The zero-order valence-electron chi connectivity index (χ0n) is 8.79. The first-order valence-corrected chi connectivity index (χ1v) is 5.78. The molecule has 2 heterocycles. The molecule has 0 radical (unpaired) electrons. The molecule has 0 saturated carbocycles. The van der Waals surface area contributed by atoms with Gasteiger partial charge < -0.3 is 4.74 Å². The second-order valence-corrected chi connectivity index (χ2v) is 4.53. The molecule has 1 atom stereocenters. The Balaban J connectivity index is 2.28. The zero-order valence-corrected chi connectivity index (χ0v) is 10.4. The van der Waals surface area contributed by atoms with Gasteiger partial charge in [-0.25, -0.2) is 4.68 Å². The summed E-state index contributed by atoms with van der Waals surface area (Å²) < 4.78 is 7.68. The smallest absolute Gasteiger partial charge is 0.276 e. The molecule has 1 saturated heterocycles. The van der Waals surface area contributed by atoms with Gasteiger partial charge in [0.2, 0.25) is 0 Å². The Labute approximate surface area is 96.7 Å². The second-order valence-electron chi connectivity index (χ2n) is 3.74. The summed E-state index contributed by atoms with van der Waals surface area (Å²) in [5, 5.41) is 4.19. The van der Waals surface area contributed by atoms with Crippen LogP contribution >= 0.6 is 15.9 Å². The summed E-state index contributed by atoms with van der Waals surface area (Å²) in [7, 11) is 0. The van der Waals surface area contributed by atoms with E-state index >= 15 is 0 Å². The first-order valence-electron chi connectivity index (χ1n) is 4.99. The van der Waals surface area contributed by atoms with Crippen LogP contribution in [0, 0.1) is 13.8 Å². The van der Waals surface area contributed by atoms with Crippen LogP contribution in [-0.2, 0) is 4.74 Å². The lowest BCUT2D eigenvalue weighted by atomic mass is 10.2. The fraction of sp³-hybridized carbons (Fsp3) is 0.600. The van der Waals surface area contributed by atoms with Crippen molar-refractivity contribution in [3.8, 4) is 0 Å². The average Bonchev–Trinajstić information content (AvgIpc) is 2.82. The van der Waals surface area contributed by atoms with Gasteiger partial charge in [-0.1, -0.05) is 0 Å². The van der Waals surface area contributed by atoms with Crippen molar-refractivity contribution in [3.63, 3.8) is 0 Å². The van der Waals surface area contributed by atoms with E-state index < -0.39 is 0 Å². The van der Waals surface area contributed by atoms with Crippen molar-refractivity contribution in [3.05, 3.63) is 15.9 Å². The molecular weight excluding hydrogens is 260 g/mol. The third-order valence-electron chi connectivity index (χ3n) is 2.62. The molecule has 0 bridgehead atoms. The van der Waals surface area contributed by atoms with Crippen LogP contribution in [0.5, 0.6) is 0 Å². The third kappa shape index (κ3) is 1.86. The standard InChI is InChI=1S/C10H13BrN2O2/c1-6-9(11)7(2)13(12-6)10(14)8-4-3-5-15-8/h8H,3-5H2,1-2H3. The molecule has 0 N–H and O–H groups in total. The van der Waals surface area contributed by atoms with Gasteiger partial charge >= 0.3 is 0 Å². The van der Waals surface area contributed by atoms with E-state index in [2.05, 4.69) is 21.0 Å². The monoisotopic (exact) mass is 272 g/mol. The van der Waals surface area contributed by atoms with Crippen LogP contribution in [0.2, 0.25) is 0 Å². The summed E-state index contributed by atoms with van der Waals surface area (Å²) in [6, 6.07) is 0. The van der Waals surface area contributed by atoms with Gasteiger partial charge in [-0.2, -0.15) is 5.10 Å². The molecule has 2 rings (SSSR count). The minimum absolute atomic E-state index is 0.0567. The van der Waals surface area contributed by atoms with Crippen molar-refractivity contribution in [1.82, 2.24) is 9.78 Å². The van der Waals surface area contributed by atoms with Gasteiger partial charge in [0.25, 0.3) is 5.91 Å². The maximum Gasteiger partial charge on any atom is 0.276 e. The van der Waals surface area contributed by atoms with E-state index in [1.54, 1.807) is 0 Å². The molecule has 1 aromatic heterocycles. The van der Waals surface area contributed by atoms with Gasteiger partial charge in [0.15, 0.2) is 0 Å². The molecule has 1 aliphatic rings. The Bertz CT molecular complexity index is 394. The van der Waals surface area contributed by atoms with Gasteiger partial charge in [0.1, 0.15) is 6.10 Å². The summed E-state index contributed by atoms with van der Waals surface area (Å²) in [6.07, 6.45) is 1.45. The van der Waals surface area contributed by atoms with E-state index in [0.29, 0.717) is 6.61 Å². The summed E-state index contributed by atoms with van der Waals surface area (Å²) >= 11 is 3.40. The van der Waals surface area contributed by atoms with Gasteiger partial charge in [0, 0.05) is 6.61 Å². The van der Waals surface area contributed by atoms with Crippen LogP contribution < -0.4 is 0 Å². The number of carbonyl (C=O) groups is 1. The van der Waals surface area contributed by atoms with E-state index in [1.807, 2.05) is 13.8 Å². The Morgan fingerprint density at radius 2 is 2.33 bits per heavy atom. The molecule has 4 nitrogen and oxygen atoms in total. The largest absolute Gasteiger partial charge is 0.368 e. The number of aromatic nitrogens is 2. The van der Waals surface area contributed by atoms with Crippen molar-refractivity contribution in [2.45, 2.75) is 32.8 Å². The summed E-state index contributed by atoms with van der Waals surface area (Å²) in [4.78, 5) is 12.0. The molecular formula is C10H13BrN2O2. The fourth-order valence-corrected chi connectivity index (χ4v) is 1.99. The molecule has 5 heteroatoms. The number of hydrogen-bond acceptors (Lipinski definition) is 3. The highest BCUT2D eigenvalue weighted by Gasteiger charge is 2.27. The molecule has 15 heavy (non-hydrogen) atoms. The summed E-state index contributed by atoms with van der Waals surface area (Å²) in [5.41, 5.74) is 1.67. The predicted molar refractivity (Wildman–Crippen MR) is 59.0 cm³/mol. The second kappa shape index (κ2) is 4.06. The van der Waals surface area contributed by atoms with E-state index in [9.17, 15) is 4.79 Å². The van der Waals surface area contributed by atoms with Gasteiger partial charge in [0.05, 0.1) is 15.9 Å². The highest BCUT2D eigenvalue weighted by molar-refractivity contribution is 9.10. The topological polar surface area (TPSA) is 44.1 Å². The van der Waals surface area contributed by atoms with Crippen LogP contribution in [0.4, 0.5) is 0 Å². The minimum atomic E-state index is -0.310. The number of halogens is 1. The Morgan fingerprint density at radius 3 is 2.80 bits per heavy atom. The molecule has 1 fully saturated rings. The number of ether oxygens (including phenoxy) is 1. The molecule has 1 aliphatic heterocycles. The number of hydrogen-bond donors (Lipinski definition) is 0. The molecule has 0 aliphatic carbocycles. The predicted octanol–water partition coefficient (Wildman–Crippen LogP) is 2.08.